The van der Waals surface area contributed by atoms with Gasteiger partial charge in [-0.3, -0.25) is 9.59 Å². The fourth-order valence-corrected chi connectivity index (χ4v) is 2.01. The summed E-state index contributed by atoms with van der Waals surface area (Å²) in [7, 11) is 1.31. The number of rotatable bonds is 6. The Morgan fingerprint density at radius 3 is 2.74 bits per heavy atom. The number of esters is 1. The quantitative estimate of drug-likeness (QED) is 0.692. The van der Waals surface area contributed by atoms with Crippen molar-refractivity contribution in [1.82, 2.24) is 0 Å². The molecule has 2 unspecified atom stereocenters. The Bertz CT molecular complexity index is 400. The van der Waals surface area contributed by atoms with Gasteiger partial charge < -0.3 is 15.6 Å². The molecule has 0 saturated carbocycles. The summed E-state index contributed by atoms with van der Waals surface area (Å²) < 4.78 is 4.57. The Hall–Kier alpha value is -1.46. The molecule has 3 atom stereocenters. The van der Waals surface area contributed by atoms with E-state index in [-0.39, 0.29) is 11.7 Å². The van der Waals surface area contributed by atoms with Crippen molar-refractivity contribution in [2.24, 2.45) is 11.7 Å². The molecule has 0 aromatic heterocycles. The molecule has 0 radical (unpaired) electrons. The third-order valence-electron chi connectivity index (χ3n) is 3.25. The minimum Gasteiger partial charge on any atom is -0.468 e. The molecule has 5 nitrogen and oxygen atoms in total. The van der Waals surface area contributed by atoms with E-state index in [1.165, 1.54) is 7.11 Å². The van der Waals surface area contributed by atoms with E-state index in [2.05, 4.69) is 4.74 Å². The van der Waals surface area contributed by atoms with Gasteiger partial charge in [-0.1, -0.05) is 25.2 Å². The van der Waals surface area contributed by atoms with Crippen molar-refractivity contribution in [2.75, 3.05) is 7.11 Å². The van der Waals surface area contributed by atoms with Gasteiger partial charge in [0.25, 0.3) is 0 Å². The van der Waals surface area contributed by atoms with Gasteiger partial charge in [0.1, 0.15) is 12.1 Å². The summed E-state index contributed by atoms with van der Waals surface area (Å²) in [6, 6.07) is -0.642. The minimum atomic E-state index is -1.04. The van der Waals surface area contributed by atoms with Gasteiger partial charge in [0.2, 0.25) is 0 Å². The molecule has 1 aliphatic rings. The Labute approximate surface area is 113 Å². The van der Waals surface area contributed by atoms with Crippen LogP contribution in [-0.4, -0.2) is 36.1 Å². The van der Waals surface area contributed by atoms with Crippen LogP contribution in [0, 0.1) is 5.92 Å². The van der Waals surface area contributed by atoms with Gasteiger partial charge in [-0.2, -0.15) is 0 Å². The van der Waals surface area contributed by atoms with Crippen LogP contribution in [0.4, 0.5) is 0 Å². The lowest BCUT2D eigenvalue weighted by molar-refractivity contribution is -0.142. The monoisotopic (exact) mass is 267 g/mol. The van der Waals surface area contributed by atoms with Crippen LogP contribution in [0.25, 0.3) is 0 Å². The highest BCUT2D eigenvalue weighted by atomic mass is 16.5. The number of aliphatic hydroxyl groups is 1. The summed E-state index contributed by atoms with van der Waals surface area (Å²) in [5, 5.41) is 9.77. The first kappa shape index (κ1) is 15.6. The molecule has 0 spiro atoms. The number of hydrogen-bond acceptors (Lipinski definition) is 5. The van der Waals surface area contributed by atoms with E-state index in [1.807, 2.05) is 12.2 Å². The molecule has 0 aromatic carbocycles. The summed E-state index contributed by atoms with van der Waals surface area (Å²) in [5.74, 6) is -0.494. The van der Waals surface area contributed by atoms with Crippen molar-refractivity contribution in [2.45, 2.75) is 38.3 Å². The first-order valence-corrected chi connectivity index (χ1v) is 6.42. The topological polar surface area (TPSA) is 89.6 Å². The molecule has 19 heavy (non-hydrogen) atoms. The van der Waals surface area contributed by atoms with Gasteiger partial charge in [-0.05, 0) is 24.3 Å². The number of carbonyl (C=O) groups is 2. The number of methoxy groups -OCH3 is 1. The molecular formula is C14H21NO4. The van der Waals surface area contributed by atoms with E-state index >= 15 is 0 Å². The van der Waals surface area contributed by atoms with E-state index < -0.39 is 18.1 Å². The van der Waals surface area contributed by atoms with Crippen molar-refractivity contribution >= 4 is 11.8 Å². The zero-order valence-corrected chi connectivity index (χ0v) is 11.3. The molecule has 1 rings (SSSR count). The second kappa shape index (κ2) is 7.21. The number of carbonyl (C=O) groups excluding carboxylic acids is 2. The van der Waals surface area contributed by atoms with Crippen LogP contribution in [0.1, 0.15) is 26.2 Å². The van der Waals surface area contributed by atoms with Gasteiger partial charge in [0.05, 0.1) is 7.11 Å². The molecule has 5 heteroatoms. The number of aliphatic hydroxyl groups excluding tert-OH is 1. The summed E-state index contributed by atoms with van der Waals surface area (Å²) in [5.41, 5.74) is 6.31. The maximum absolute atomic E-state index is 11.4. The highest BCUT2D eigenvalue weighted by Crippen LogP contribution is 2.23. The van der Waals surface area contributed by atoms with Crippen molar-refractivity contribution in [3.63, 3.8) is 0 Å². The Morgan fingerprint density at radius 2 is 2.26 bits per heavy atom. The smallest absolute Gasteiger partial charge is 0.322 e. The average molecular weight is 267 g/mol. The van der Waals surface area contributed by atoms with Gasteiger partial charge in [-0.25, -0.2) is 0 Å². The molecule has 0 bridgehead atoms. The minimum absolute atomic E-state index is 0.127. The standard InChI is InChI=1S/C14H21NO4/c1-3-12(16)13(17)10-6-4-9(5-7-10)8-11(15)14(18)19-2/h4,6-7,9,11,13,17H,3,5,8,15H2,1-2H3/t9?,11-,13?/m0/s1. The number of ketones is 1. The summed E-state index contributed by atoms with van der Waals surface area (Å²) in [4.78, 5) is 22.6. The molecule has 1 aliphatic carbocycles. The average Bonchev–Trinajstić information content (AvgIpc) is 2.45. The van der Waals surface area contributed by atoms with Gasteiger partial charge in [0.15, 0.2) is 5.78 Å². The number of ether oxygens (including phenoxy) is 1. The van der Waals surface area contributed by atoms with E-state index in [0.717, 1.165) is 0 Å². The highest BCUT2D eigenvalue weighted by molar-refractivity contribution is 5.86. The lowest BCUT2D eigenvalue weighted by Gasteiger charge is -2.20. The van der Waals surface area contributed by atoms with Crippen LogP contribution < -0.4 is 5.73 Å². The fraction of sp³-hybridized carbons (Fsp3) is 0.571. The largest absolute Gasteiger partial charge is 0.468 e. The number of Topliss-reactive ketones (excluding diaryl/α,β-unsaturated/α-hetero) is 1. The summed E-state index contributed by atoms with van der Waals surface area (Å²) in [6.45, 7) is 1.72. The first-order chi connectivity index (χ1) is 8.99. The zero-order chi connectivity index (χ0) is 14.4. The maximum atomic E-state index is 11.4. The summed E-state index contributed by atoms with van der Waals surface area (Å²) >= 11 is 0. The number of hydrogen-bond donors (Lipinski definition) is 2. The van der Waals surface area contributed by atoms with Crippen molar-refractivity contribution in [3.8, 4) is 0 Å². The molecule has 0 aliphatic heterocycles. The van der Waals surface area contributed by atoms with E-state index in [1.54, 1.807) is 13.0 Å². The molecule has 0 saturated heterocycles. The molecule has 0 heterocycles. The van der Waals surface area contributed by atoms with E-state index in [9.17, 15) is 14.7 Å². The lowest BCUT2D eigenvalue weighted by Crippen LogP contribution is -2.33. The molecule has 106 valence electrons. The van der Waals surface area contributed by atoms with Crippen LogP contribution >= 0.6 is 0 Å². The molecule has 0 amide bonds. The predicted octanol–water partition coefficient (Wildman–Crippen LogP) is 0.719. The lowest BCUT2D eigenvalue weighted by atomic mass is 9.88. The fourth-order valence-electron chi connectivity index (χ4n) is 2.01. The SMILES string of the molecule is CCC(=O)C(O)C1=CCC(C[C@H](N)C(=O)OC)C=C1. The van der Waals surface area contributed by atoms with Crippen LogP contribution in [0.2, 0.25) is 0 Å². The predicted molar refractivity (Wildman–Crippen MR) is 71.2 cm³/mol. The van der Waals surface area contributed by atoms with Gasteiger partial charge in [-0.15, -0.1) is 0 Å². The molecular weight excluding hydrogens is 246 g/mol. The number of allylic oxidation sites excluding steroid dienone is 2. The zero-order valence-electron chi connectivity index (χ0n) is 11.3. The van der Waals surface area contributed by atoms with Crippen LogP contribution in [0.15, 0.2) is 23.8 Å². The van der Waals surface area contributed by atoms with Gasteiger partial charge in [0, 0.05) is 6.42 Å². The van der Waals surface area contributed by atoms with Crippen molar-refractivity contribution < 1.29 is 19.4 Å². The normalized spacial score (nSPS) is 21.5. The Kier molecular flexibility index (Phi) is 5.92. The van der Waals surface area contributed by atoms with Crippen LogP contribution in [0.3, 0.4) is 0 Å². The Morgan fingerprint density at radius 1 is 1.58 bits per heavy atom. The number of nitrogens with two attached hydrogens (primary N) is 1. The Balaban J connectivity index is 2.53. The van der Waals surface area contributed by atoms with Crippen LogP contribution in [-0.2, 0) is 14.3 Å². The van der Waals surface area contributed by atoms with E-state index in [0.29, 0.717) is 24.8 Å². The van der Waals surface area contributed by atoms with Gasteiger partial charge >= 0.3 is 5.97 Å². The molecule has 3 N–H and O–H groups in total. The first-order valence-electron chi connectivity index (χ1n) is 6.42. The second-order valence-corrected chi connectivity index (χ2v) is 4.65. The molecule has 0 fully saturated rings. The third-order valence-corrected chi connectivity index (χ3v) is 3.25. The van der Waals surface area contributed by atoms with E-state index in [4.69, 9.17) is 5.73 Å². The molecule has 0 aromatic rings. The van der Waals surface area contributed by atoms with Crippen molar-refractivity contribution in [1.29, 1.82) is 0 Å². The third kappa shape index (κ3) is 4.29. The summed E-state index contributed by atoms with van der Waals surface area (Å²) in [6.07, 6.45) is 5.85. The highest BCUT2D eigenvalue weighted by Gasteiger charge is 2.22. The van der Waals surface area contributed by atoms with Crippen LogP contribution in [0.5, 0.6) is 0 Å². The second-order valence-electron chi connectivity index (χ2n) is 4.65. The maximum Gasteiger partial charge on any atom is 0.322 e. The van der Waals surface area contributed by atoms with Crippen molar-refractivity contribution in [3.05, 3.63) is 23.8 Å².